The largest absolute Gasteiger partial charge is 0.263 e. The van der Waals surface area contributed by atoms with Crippen LogP contribution in [0, 0.1) is 0 Å². The van der Waals surface area contributed by atoms with Crippen LogP contribution in [0.1, 0.15) is 13.3 Å². The molecule has 7 heteroatoms. The predicted molar refractivity (Wildman–Crippen MR) is 69.0 cm³/mol. The van der Waals surface area contributed by atoms with Crippen molar-refractivity contribution in [3.05, 3.63) is 24.5 Å². The molecule has 0 radical (unpaired) electrons. The second-order valence-electron chi connectivity index (χ2n) is 3.70. The Labute approximate surface area is 111 Å². The van der Waals surface area contributed by atoms with E-state index in [1.165, 1.54) is 18.5 Å². The van der Waals surface area contributed by atoms with Crippen molar-refractivity contribution in [1.82, 2.24) is 9.71 Å². The van der Waals surface area contributed by atoms with Gasteiger partial charge in [-0.05, 0) is 18.6 Å². The maximum Gasteiger partial charge on any atom is 0.242 e. The Balaban J connectivity index is 3.01. The monoisotopic (exact) mass is 296 g/mol. The number of nitrogens with one attached hydrogen (secondary N) is 1. The molecule has 0 atom stereocenters. The highest BCUT2D eigenvalue weighted by Gasteiger charge is 2.32. The van der Waals surface area contributed by atoms with Gasteiger partial charge in [0.15, 0.2) is 0 Å². The van der Waals surface area contributed by atoms with Crippen LogP contribution in [0.25, 0.3) is 0 Å². The van der Waals surface area contributed by atoms with Gasteiger partial charge in [-0.3, -0.25) is 4.98 Å². The van der Waals surface area contributed by atoms with E-state index in [1.54, 1.807) is 6.07 Å². The van der Waals surface area contributed by atoms with Gasteiger partial charge in [-0.1, -0.05) is 6.92 Å². The lowest BCUT2D eigenvalue weighted by Gasteiger charge is -2.28. The molecule has 0 aliphatic heterocycles. The number of alkyl halides is 2. The lowest BCUT2D eigenvalue weighted by Crippen LogP contribution is -2.51. The highest BCUT2D eigenvalue weighted by molar-refractivity contribution is 7.89. The zero-order valence-corrected chi connectivity index (χ0v) is 11.7. The van der Waals surface area contributed by atoms with E-state index in [4.69, 9.17) is 23.2 Å². The SMILES string of the molecule is CCC(CCl)(CCl)NS(=O)(=O)c1cccnc1. The van der Waals surface area contributed by atoms with Crippen LogP contribution in [-0.4, -0.2) is 30.7 Å². The summed E-state index contributed by atoms with van der Waals surface area (Å²) in [5.41, 5.74) is -0.822. The summed E-state index contributed by atoms with van der Waals surface area (Å²) in [6.07, 6.45) is 3.31. The minimum atomic E-state index is -3.64. The number of halogens is 2. The minimum absolute atomic E-state index is 0.105. The van der Waals surface area contributed by atoms with Gasteiger partial charge in [0.1, 0.15) is 4.90 Å². The summed E-state index contributed by atoms with van der Waals surface area (Å²) in [6, 6.07) is 3.03. The Kier molecular flexibility index (Phi) is 5.19. The number of pyridine rings is 1. The highest BCUT2D eigenvalue weighted by atomic mass is 35.5. The molecular weight excluding hydrogens is 283 g/mol. The number of rotatable bonds is 6. The summed E-state index contributed by atoms with van der Waals surface area (Å²) in [5.74, 6) is 0.235. The molecule has 0 fully saturated rings. The normalized spacial score (nSPS) is 12.6. The summed E-state index contributed by atoms with van der Waals surface area (Å²) in [7, 11) is -3.64. The summed E-state index contributed by atoms with van der Waals surface area (Å²) in [6.45, 7) is 1.83. The first-order valence-electron chi connectivity index (χ1n) is 5.05. The molecule has 0 bridgehead atoms. The van der Waals surface area contributed by atoms with Crippen LogP contribution in [-0.2, 0) is 10.0 Å². The molecule has 0 saturated carbocycles. The molecule has 0 aliphatic carbocycles. The van der Waals surface area contributed by atoms with E-state index in [0.29, 0.717) is 6.42 Å². The molecule has 1 aromatic heterocycles. The van der Waals surface area contributed by atoms with Crippen molar-refractivity contribution in [2.45, 2.75) is 23.8 Å². The molecule has 4 nitrogen and oxygen atoms in total. The first-order valence-corrected chi connectivity index (χ1v) is 7.61. The number of hydrogen-bond donors (Lipinski definition) is 1. The van der Waals surface area contributed by atoms with Crippen LogP contribution in [0.2, 0.25) is 0 Å². The standard InChI is InChI=1S/C10H14Cl2N2O2S/c1-2-10(7-11,8-12)14-17(15,16)9-4-3-5-13-6-9/h3-6,14H,2,7-8H2,1H3. The van der Waals surface area contributed by atoms with Crippen LogP contribution >= 0.6 is 23.2 Å². The lowest BCUT2D eigenvalue weighted by atomic mass is 10.0. The van der Waals surface area contributed by atoms with E-state index in [-0.39, 0.29) is 16.7 Å². The molecule has 0 aromatic carbocycles. The molecule has 0 saturated heterocycles. The molecule has 0 spiro atoms. The van der Waals surface area contributed by atoms with Gasteiger partial charge in [0, 0.05) is 24.2 Å². The van der Waals surface area contributed by atoms with E-state index in [0.717, 1.165) is 0 Å². The van der Waals surface area contributed by atoms with Gasteiger partial charge >= 0.3 is 0 Å². The molecule has 1 aromatic rings. The number of hydrogen-bond acceptors (Lipinski definition) is 3. The third-order valence-corrected chi connectivity index (χ3v) is 5.07. The molecule has 0 aliphatic rings. The van der Waals surface area contributed by atoms with Crippen molar-refractivity contribution in [1.29, 1.82) is 0 Å². The summed E-state index contributed by atoms with van der Waals surface area (Å²) < 4.78 is 26.7. The van der Waals surface area contributed by atoms with Gasteiger partial charge in [0.2, 0.25) is 10.0 Å². The average molecular weight is 297 g/mol. The van der Waals surface area contributed by atoms with Crippen molar-refractivity contribution in [3.8, 4) is 0 Å². The Bertz CT molecular complexity index is 438. The van der Waals surface area contributed by atoms with Crippen LogP contribution < -0.4 is 4.72 Å². The van der Waals surface area contributed by atoms with Gasteiger partial charge in [-0.25, -0.2) is 13.1 Å². The molecular formula is C10H14Cl2N2O2S. The van der Waals surface area contributed by atoms with E-state index in [2.05, 4.69) is 9.71 Å². The fourth-order valence-corrected chi connectivity index (χ4v) is 3.59. The van der Waals surface area contributed by atoms with E-state index in [9.17, 15) is 8.42 Å². The fraction of sp³-hybridized carbons (Fsp3) is 0.500. The molecule has 0 unspecified atom stereocenters. The molecule has 0 amide bonds. The number of sulfonamides is 1. The Morgan fingerprint density at radius 1 is 1.41 bits per heavy atom. The Hall–Kier alpha value is -0.360. The highest BCUT2D eigenvalue weighted by Crippen LogP contribution is 2.19. The summed E-state index contributed by atoms with van der Waals surface area (Å²) in [4.78, 5) is 3.88. The second kappa shape index (κ2) is 6.00. The van der Waals surface area contributed by atoms with Crippen molar-refractivity contribution >= 4 is 33.2 Å². The Morgan fingerprint density at radius 2 is 2.06 bits per heavy atom. The van der Waals surface area contributed by atoms with Crippen LogP contribution in [0.4, 0.5) is 0 Å². The minimum Gasteiger partial charge on any atom is -0.263 e. The van der Waals surface area contributed by atoms with Crippen molar-refractivity contribution in [2.24, 2.45) is 0 Å². The molecule has 96 valence electrons. The van der Waals surface area contributed by atoms with E-state index in [1.807, 2.05) is 6.92 Å². The second-order valence-corrected chi connectivity index (χ2v) is 5.91. The summed E-state index contributed by atoms with van der Waals surface area (Å²) >= 11 is 11.6. The van der Waals surface area contributed by atoms with Gasteiger partial charge < -0.3 is 0 Å². The van der Waals surface area contributed by atoms with Gasteiger partial charge in [-0.15, -0.1) is 23.2 Å². The van der Waals surface area contributed by atoms with E-state index >= 15 is 0 Å². The topological polar surface area (TPSA) is 59.1 Å². The predicted octanol–water partition coefficient (Wildman–Crippen LogP) is 1.99. The van der Waals surface area contributed by atoms with Gasteiger partial charge in [-0.2, -0.15) is 0 Å². The first kappa shape index (κ1) is 14.7. The molecule has 1 rings (SSSR count). The van der Waals surface area contributed by atoms with Crippen LogP contribution in [0.5, 0.6) is 0 Å². The van der Waals surface area contributed by atoms with E-state index < -0.39 is 15.6 Å². The zero-order chi connectivity index (χ0) is 12.9. The van der Waals surface area contributed by atoms with Crippen molar-refractivity contribution < 1.29 is 8.42 Å². The first-order chi connectivity index (χ1) is 7.99. The number of aromatic nitrogens is 1. The van der Waals surface area contributed by atoms with Gasteiger partial charge in [0.05, 0.1) is 5.54 Å². The molecule has 1 heterocycles. The van der Waals surface area contributed by atoms with Crippen molar-refractivity contribution in [3.63, 3.8) is 0 Å². The van der Waals surface area contributed by atoms with Crippen LogP contribution in [0.15, 0.2) is 29.4 Å². The maximum absolute atomic E-state index is 12.1. The molecule has 1 N–H and O–H groups in total. The summed E-state index contributed by atoms with van der Waals surface area (Å²) in [5, 5.41) is 0. The number of nitrogens with zero attached hydrogens (tertiary/aromatic N) is 1. The fourth-order valence-electron chi connectivity index (χ4n) is 1.20. The zero-order valence-electron chi connectivity index (χ0n) is 9.36. The quantitative estimate of drug-likeness (QED) is 0.817. The average Bonchev–Trinajstić information content (AvgIpc) is 2.37. The van der Waals surface area contributed by atoms with Gasteiger partial charge in [0.25, 0.3) is 0 Å². The lowest BCUT2D eigenvalue weighted by molar-refractivity contribution is 0.449. The molecule has 17 heavy (non-hydrogen) atoms. The Morgan fingerprint density at radius 3 is 2.47 bits per heavy atom. The smallest absolute Gasteiger partial charge is 0.242 e. The van der Waals surface area contributed by atoms with Crippen LogP contribution in [0.3, 0.4) is 0 Å². The third kappa shape index (κ3) is 3.55. The van der Waals surface area contributed by atoms with Crippen molar-refractivity contribution in [2.75, 3.05) is 11.8 Å². The maximum atomic E-state index is 12.1. The third-order valence-electron chi connectivity index (χ3n) is 2.48.